The number of nitrogen functional groups attached to an aromatic ring is 1. The van der Waals surface area contributed by atoms with Gasteiger partial charge in [0.05, 0.1) is 6.20 Å². The van der Waals surface area contributed by atoms with Gasteiger partial charge in [0.1, 0.15) is 0 Å². The molecule has 0 saturated carbocycles. The summed E-state index contributed by atoms with van der Waals surface area (Å²) in [5, 5.41) is 8.45. The second-order valence-corrected chi connectivity index (χ2v) is 7.72. The Morgan fingerprint density at radius 1 is 0.969 bits per heavy atom. The summed E-state index contributed by atoms with van der Waals surface area (Å²) in [5.41, 5.74) is 10.6. The second-order valence-electron chi connectivity index (χ2n) is 7.28. The molecule has 0 radical (unpaired) electrons. The van der Waals surface area contributed by atoms with Gasteiger partial charge in [-0.15, -0.1) is 0 Å². The van der Waals surface area contributed by atoms with Crippen LogP contribution in [-0.4, -0.2) is 29.3 Å². The van der Waals surface area contributed by atoms with Crippen molar-refractivity contribution in [1.82, 2.24) is 29.3 Å². The molecule has 3 aromatic heterocycles. The van der Waals surface area contributed by atoms with Crippen molar-refractivity contribution in [2.75, 3.05) is 11.1 Å². The van der Waals surface area contributed by atoms with Crippen molar-refractivity contribution in [3.8, 4) is 17.1 Å². The monoisotopic (exact) mass is 444 g/mol. The van der Waals surface area contributed by atoms with Gasteiger partial charge in [-0.2, -0.15) is 15.1 Å². The van der Waals surface area contributed by atoms with Gasteiger partial charge < -0.3 is 11.1 Å². The first-order valence-corrected chi connectivity index (χ1v) is 10.6. The number of aromatic nitrogens is 6. The van der Waals surface area contributed by atoms with Gasteiger partial charge >= 0.3 is 0 Å². The lowest BCUT2D eigenvalue weighted by atomic mass is 10.1. The van der Waals surface area contributed by atoms with Gasteiger partial charge in [0.25, 0.3) is 0 Å². The largest absolute Gasteiger partial charge is 0.382 e. The molecule has 160 valence electrons. The molecule has 0 aliphatic rings. The van der Waals surface area contributed by atoms with E-state index in [2.05, 4.69) is 20.4 Å². The Morgan fingerprint density at radius 3 is 2.50 bits per heavy atom. The van der Waals surface area contributed by atoms with Crippen LogP contribution < -0.4 is 11.1 Å². The lowest BCUT2D eigenvalue weighted by molar-refractivity contribution is 0.697. The maximum atomic E-state index is 6.24. The van der Waals surface area contributed by atoms with Crippen LogP contribution in [0.15, 0.2) is 67.0 Å². The Bertz CT molecular complexity index is 1370. The van der Waals surface area contributed by atoms with E-state index < -0.39 is 0 Å². The number of hydrogen-bond donors (Lipinski definition) is 2. The van der Waals surface area contributed by atoms with Crippen molar-refractivity contribution in [3.05, 3.63) is 77.6 Å². The van der Waals surface area contributed by atoms with E-state index in [9.17, 15) is 0 Å². The van der Waals surface area contributed by atoms with E-state index in [1.165, 1.54) is 0 Å². The van der Waals surface area contributed by atoms with E-state index in [4.69, 9.17) is 22.3 Å². The van der Waals surface area contributed by atoms with E-state index in [1.54, 1.807) is 10.9 Å². The molecule has 3 heterocycles. The van der Waals surface area contributed by atoms with E-state index in [-0.39, 0.29) is 0 Å². The second kappa shape index (κ2) is 8.32. The molecule has 0 aliphatic carbocycles. The van der Waals surface area contributed by atoms with Gasteiger partial charge in [0.2, 0.25) is 11.9 Å². The topological polar surface area (TPSA) is 99.5 Å². The van der Waals surface area contributed by atoms with Gasteiger partial charge in [-0.1, -0.05) is 54.1 Å². The summed E-state index contributed by atoms with van der Waals surface area (Å²) < 4.78 is 3.70. The van der Waals surface area contributed by atoms with Gasteiger partial charge in [-0.3, -0.25) is 4.57 Å². The van der Waals surface area contributed by atoms with E-state index in [0.717, 1.165) is 16.7 Å². The van der Waals surface area contributed by atoms with Crippen LogP contribution in [0.5, 0.6) is 0 Å². The molecule has 0 amide bonds. The molecule has 5 rings (SSSR count). The number of nitrogens with two attached hydrogens (primary N) is 1. The van der Waals surface area contributed by atoms with Crippen molar-refractivity contribution < 1.29 is 0 Å². The summed E-state index contributed by atoms with van der Waals surface area (Å²) in [6, 6.07) is 17.7. The highest BCUT2D eigenvalue weighted by molar-refractivity contribution is 6.30. The molecule has 0 saturated heterocycles. The van der Waals surface area contributed by atoms with Crippen LogP contribution in [0.2, 0.25) is 5.02 Å². The number of rotatable bonds is 6. The zero-order valence-electron chi connectivity index (χ0n) is 17.4. The highest BCUT2D eigenvalue weighted by Gasteiger charge is 2.18. The fraction of sp³-hybridized carbons (Fsp3) is 0.130. The first kappa shape index (κ1) is 20.0. The third-order valence-electron chi connectivity index (χ3n) is 5.18. The first-order chi connectivity index (χ1) is 15.6. The van der Waals surface area contributed by atoms with Crippen LogP contribution in [0.4, 0.5) is 11.8 Å². The minimum Gasteiger partial charge on any atom is -0.382 e. The number of imidazole rings is 1. The summed E-state index contributed by atoms with van der Waals surface area (Å²) >= 11 is 6.01. The molecule has 0 unspecified atom stereocenters. The van der Waals surface area contributed by atoms with Crippen molar-refractivity contribution in [2.24, 2.45) is 0 Å². The lowest BCUT2D eigenvalue weighted by Crippen LogP contribution is -2.08. The first-order valence-electron chi connectivity index (χ1n) is 10.2. The summed E-state index contributed by atoms with van der Waals surface area (Å²) in [6.45, 7) is 3.28. The van der Waals surface area contributed by atoms with Crippen LogP contribution in [0, 0.1) is 0 Å². The van der Waals surface area contributed by atoms with Crippen molar-refractivity contribution >= 4 is 34.5 Å². The summed E-state index contributed by atoms with van der Waals surface area (Å²) in [5.74, 6) is 1.41. The van der Waals surface area contributed by atoms with Crippen LogP contribution in [-0.2, 0) is 13.1 Å². The molecule has 9 heteroatoms. The molecule has 0 spiro atoms. The third-order valence-corrected chi connectivity index (χ3v) is 5.43. The van der Waals surface area contributed by atoms with E-state index in [1.807, 2.05) is 72.3 Å². The molecule has 0 aliphatic heterocycles. The average molecular weight is 445 g/mol. The van der Waals surface area contributed by atoms with Gasteiger partial charge in [-0.25, -0.2) is 9.67 Å². The van der Waals surface area contributed by atoms with Crippen LogP contribution in [0.25, 0.3) is 28.2 Å². The number of benzene rings is 2. The number of halogens is 1. The van der Waals surface area contributed by atoms with Crippen LogP contribution >= 0.6 is 11.6 Å². The fourth-order valence-electron chi connectivity index (χ4n) is 3.56. The smallest absolute Gasteiger partial charge is 0.233 e. The number of hydrogen-bond acceptors (Lipinski definition) is 6. The fourth-order valence-corrected chi connectivity index (χ4v) is 3.68. The van der Waals surface area contributed by atoms with E-state index in [0.29, 0.717) is 47.0 Å². The number of nitrogens with zero attached hydrogens (tertiary/aromatic N) is 6. The standard InChI is InChI=1S/C23H21ClN8/c1-2-31-21-19(20(25)29-22(30-21)26-12-15-6-4-3-5-7-15)28-23(31)32-14-17(13-27-32)16-8-10-18(24)11-9-16/h3-11,13-14H,2,12H2,1H3,(H3,25,26,29,30). The van der Waals surface area contributed by atoms with Crippen LogP contribution in [0.3, 0.4) is 0 Å². The molecule has 0 bridgehead atoms. The zero-order chi connectivity index (χ0) is 22.1. The predicted octanol–water partition coefficient (Wildman–Crippen LogP) is 4.55. The molecule has 0 atom stereocenters. The summed E-state index contributed by atoms with van der Waals surface area (Å²) in [4.78, 5) is 13.8. The van der Waals surface area contributed by atoms with Crippen molar-refractivity contribution in [2.45, 2.75) is 20.0 Å². The minimum absolute atomic E-state index is 0.323. The molecule has 8 nitrogen and oxygen atoms in total. The summed E-state index contributed by atoms with van der Waals surface area (Å²) in [6.07, 6.45) is 3.72. The molecule has 3 N–H and O–H groups in total. The Labute approximate surface area is 189 Å². The Kier molecular flexibility index (Phi) is 5.20. The third kappa shape index (κ3) is 3.76. The number of fused-ring (bicyclic) bond motifs is 1. The maximum absolute atomic E-state index is 6.24. The Balaban J connectivity index is 1.50. The molecule has 2 aromatic carbocycles. The van der Waals surface area contributed by atoms with Gasteiger partial charge in [-0.05, 0) is 30.2 Å². The quantitative estimate of drug-likeness (QED) is 0.398. The number of nitrogens with one attached hydrogen (secondary N) is 1. The molecule has 0 fully saturated rings. The van der Waals surface area contributed by atoms with E-state index >= 15 is 0 Å². The minimum atomic E-state index is 0.323. The van der Waals surface area contributed by atoms with Crippen molar-refractivity contribution in [3.63, 3.8) is 0 Å². The van der Waals surface area contributed by atoms with Crippen molar-refractivity contribution in [1.29, 1.82) is 0 Å². The predicted molar refractivity (Wildman–Crippen MR) is 127 cm³/mol. The molecule has 32 heavy (non-hydrogen) atoms. The van der Waals surface area contributed by atoms with Gasteiger partial charge in [0, 0.05) is 29.9 Å². The average Bonchev–Trinajstić information content (AvgIpc) is 3.44. The normalized spacial score (nSPS) is 11.2. The molecular formula is C23H21ClN8. The SMILES string of the molecule is CCn1c(-n2cc(-c3ccc(Cl)cc3)cn2)nc2c(N)nc(NCc3ccccc3)nc21. The summed E-state index contributed by atoms with van der Waals surface area (Å²) in [7, 11) is 0. The Hall–Kier alpha value is -3.91. The van der Waals surface area contributed by atoms with Gasteiger partial charge in [0.15, 0.2) is 17.0 Å². The number of aryl methyl sites for hydroxylation is 1. The molecule has 5 aromatic rings. The Morgan fingerprint density at radius 2 is 1.75 bits per heavy atom. The maximum Gasteiger partial charge on any atom is 0.233 e. The zero-order valence-corrected chi connectivity index (χ0v) is 18.2. The molecular weight excluding hydrogens is 424 g/mol. The lowest BCUT2D eigenvalue weighted by Gasteiger charge is -2.08. The number of anilines is 2. The highest BCUT2D eigenvalue weighted by Crippen LogP contribution is 2.25. The highest BCUT2D eigenvalue weighted by atomic mass is 35.5. The van der Waals surface area contributed by atoms with Crippen LogP contribution in [0.1, 0.15) is 12.5 Å².